The summed E-state index contributed by atoms with van der Waals surface area (Å²) >= 11 is 0. The summed E-state index contributed by atoms with van der Waals surface area (Å²) in [4.78, 5) is 12.9. The maximum atomic E-state index is 10.8. The molecule has 0 amide bonds. The van der Waals surface area contributed by atoms with E-state index in [-0.39, 0.29) is 5.92 Å². The summed E-state index contributed by atoms with van der Waals surface area (Å²) in [6.45, 7) is 6.50. The van der Waals surface area contributed by atoms with Crippen LogP contribution in [0, 0.1) is 5.92 Å². The normalized spacial score (nSPS) is 31.1. The molecule has 2 atom stereocenters. The monoisotopic (exact) mass is 215 g/mol. The molecule has 0 aliphatic heterocycles. The fraction of sp³-hybridized carbons (Fsp3) is 0.909. The highest BCUT2D eigenvalue weighted by atomic mass is 16.4. The standard InChI is InChI=1S/C11H21NO3/c1-3-12(4-2)8-11(15)6-5-9(7-11)10(13)14/h9,15H,3-8H2,1-2H3,(H,13,14). The first kappa shape index (κ1) is 12.5. The minimum atomic E-state index is -0.783. The van der Waals surface area contributed by atoms with Gasteiger partial charge in [-0.05, 0) is 32.4 Å². The van der Waals surface area contributed by atoms with E-state index < -0.39 is 11.6 Å². The molecule has 15 heavy (non-hydrogen) atoms. The van der Waals surface area contributed by atoms with E-state index in [1.54, 1.807) is 0 Å². The Bertz CT molecular complexity index is 228. The molecule has 1 aliphatic carbocycles. The lowest BCUT2D eigenvalue weighted by molar-refractivity contribution is -0.142. The number of aliphatic hydroxyl groups is 1. The lowest BCUT2D eigenvalue weighted by atomic mass is 9.99. The first-order valence-electron chi connectivity index (χ1n) is 5.68. The second-order valence-electron chi connectivity index (χ2n) is 4.46. The molecule has 0 bridgehead atoms. The predicted molar refractivity (Wildman–Crippen MR) is 57.7 cm³/mol. The third-order valence-corrected chi connectivity index (χ3v) is 3.35. The Morgan fingerprint density at radius 1 is 1.47 bits per heavy atom. The highest BCUT2D eigenvalue weighted by Gasteiger charge is 2.41. The Hall–Kier alpha value is -0.610. The van der Waals surface area contributed by atoms with Crippen molar-refractivity contribution in [2.45, 2.75) is 38.7 Å². The van der Waals surface area contributed by atoms with E-state index in [0.29, 0.717) is 25.8 Å². The fourth-order valence-electron chi connectivity index (χ4n) is 2.32. The van der Waals surface area contributed by atoms with Crippen LogP contribution in [0.15, 0.2) is 0 Å². The zero-order valence-corrected chi connectivity index (χ0v) is 9.57. The highest BCUT2D eigenvalue weighted by Crippen LogP contribution is 2.35. The molecule has 4 heteroatoms. The van der Waals surface area contributed by atoms with Crippen molar-refractivity contribution in [2.75, 3.05) is 19.6 Å². The first-order valence-corrected chi connectivity index (χ1v) is 5.68. The number of carbonyl (C=O) groups is 1. The molecule has 1 fully saturated rings. The molecule has 0 spiro atoms. The smallest absolute Gasteiger partial charge is 0.306 e. The molecule has 2 N–H and O–H groups in total. The summed E-state index contributed by atoms with van der Waals surface area (Å²) in [5, 5.41) is 19.1. The van der Waals surface area contributed by atoms with Gasteiger partial charge in [0.2, 0.25) is 0 Å². The Morgan fingerprint density at radius 2 is 2.07 bits per heavy atom. The molecule has 1 aliphatic rings. The lowest BCUT2D eigenvalue weighted by Gasteiger charge is -2.29. The van der Waals surface area contributed by atoms with E-state index in [1.165, 1.54) is 0 Å². The van der Waals surface area contributed by atoms with Gasteiger partial charge in [-0.1, -0.05) is 13.8 Å². The average molecular weight is 215 g/mol. The largest absolute Gasteiger partial charge is 0.481 e. The molecular weight excluding hydrogens is 194 g/mol. The number of rotatable bonds is 5. The van der Waals surface area contributed by atoms with Crippen LogP contribution in [0.2, 0.25) is 0 Å². The van der Waals surface area contributed by atoms with Gasteiger partial charge in [0.15, 0.2) is 0 Å². The maximum absolute atomic E-state index is 10.8. The predicted octanol–water partition coefficient (Wildman–Crippen LogP) is 0.944. The van der Waals surface area contributed by atoms with Gasteiger partial charge in [-0.3, -0.25) is 4.79 Å². The van der Waals surface area contributed by atoms with Crippen LogP contribution in [0.5, 0.6) is 0 Å². The summed E-state index contributed by atoms with van der Waals surface area (Å²) in [6, 6.07) is 0. The summed E-state index contributed by atoms with van der Waals surface area (Å²) < 4.78 is 0. The van der Waals surface area contributed by atoms with Crippen molar-refractivity contribution in [3.63, 3.8) is 0 Å². The molecule has 1 rings (SSSR count). The number of aliphatic carboxylic acids is 1. The summed E-state index contributed by atoms with van der Waals surface area (Å²) in [6.07, 6.45) is 1.62. The first-order chi connectivity index (χ1) is 7.00. The molecule has 2 unspecified atom stereocenters. The Balaban J connectivity index is 2.51. The topological polar surface area (TPSA) is 60.8 Å². The molecule has 0 saturated heterocycles. The molecule has 0 radical (unpaired) electrons. The zero-order valence-electron chi connectivity index (χ0n) is 9.57. The second kappa shape index (κ2) is 4.94. The van der Waals surface area contributed by atoms with Crippen LogP contribution in [0.1, 0.15) is 33.1 Å². The minimum Gasteiger partial charge on any atom is -0.481 e. The molecule has 88 valence electrons. The third-order valence-electron chi connectivity index (χ3n) is 3.35. The molecule has 0 heterocycles. The molecular formula is C11H21NO3. The van der Waals surface area contributed by atoms with Crippen molar-refractivity contribution in [1.82, 2.24) is 4.90 Å². The van der Waals surface area contributed by atoms with Crippen LogP contribution in [-0.2, 0) is 4.79 Å². The van der Waals surface area contributed by atoms with Crippen molar-refractivity contribution in [3.8, 4) is 0 Å². The van der Waals surface area contributed by atoms with E-state index in [2.05, 4.69) is 18.7 Å². The van der Waals surface area contributed by atoms with E-state index in [0.717, 1.165) is 13.1 Å². The van der Waals surface area contributed by atoms with Gasteiger partial charge < -0.3 is 15.1 Å². The molecule has 0 aromatic rings. The zero-order chi connectivity index (χ0) is 11.5. The van der Waals surface area contributed by atoms with Crippen LogP contribution in [0.3, 0.4) is 0 Å². The number of nitrogens with zero attached hydrogens (tertiary/aromatic N) is 1. The van der Waals surface area contributed by atoms with Crippen LogP contribution in [-0.4, -0.2) is 46.3 Å². The summed E-state index contributed by atoms with van der Waals surface area (Å²) in [7, 11) is 0. The Labute approximate surface area is 90.9 Å². The Morgan fingerprint density at radius 3 is 2.47 bits per heavy atom. The van der Waals surface area contributed by atoms with Gasteiger partial charge in [0.05, 0.1) is 11.5 Å². The molecule has 0 aromatic carbocycles. The van der Waals surface area contributed by atoms with Crippen LogP contribution >= 0.6 is 0 Å². The van der Waals surface area contributed by atoms with Crippen molar-refractivity contribution < 1.29 is 15.0 Å². The van der Waals surface area contributed by atoms with Gasteiger partial charge in [0.1, 0.15) is 0 Å². The van der Waals surface area contributed by atoms with E-state index >= 15 is 0 Å². The number of hydrogen-bond acceptors (Lipinski definition) is 3. The van der Waals surface area contributed by atoms with Crippen LogP contribution in [0.25, 0.3) is 0 Å². The lowest BCUT2D eigenvalue weighted by Crippen LogP contribution is -2.41. The summed E-state index contributed by atoms with van der Waals surface area (Å²) in [5.41, 5.74) is -0.783. The molecule has 0 aromatic heterocycles. The fourth-order valence-corrected chi connectivity index (χ4v) is 2.32. The van der Waals surface area contributed by atoms with Gasteiger partial charge in [-0.25, -0.2) is 0 Å². The van der Waals surface area contributed by atoms with E-state index in [4.69, 9.17) is 5.11 Å². The van der Waals surface area contributed by atoms with Crippen molar-refractivity contribution >= 4 is 5.97 Å². The third kappa shape index (κ3) is 3.18. The van der Waals surface area contributed by atoms with Crippen LogP contribution < -0.4 is 0 Å². The quantitative estimate of drug-likeness (QED) is 0.716. The van der Waals surface area contributed by atoms with Gasteiger partial charge in [0, 0.05) is 6.54 Å². The summed E-state index contributed by atoms with van der Waals surface area (Å²) in [5.74, 6) is -1.13. The molecule has 4 nitrogen and oxygen atoms in total. The van der Waals surface area contributed by atoms with Crippen molar-refractivity contribution in [3.05, 3.63) is 0 Å². The van der Waals surface area contributed by atoms with Gasteiger partial charge in [-0.2, -0.15) is 0 Å². The van der Waals surface area contributed by atoms with Gasteiger partial charge >= 0.3 is 5.97 Å². The number of carboxylic acids is 1. The van der Waals surface area contributed by atoms with Crippen molar-refractivity contribution in [2.24, 2.45) is 5.92 Å². The number of likely N-dealkylation sites (N-methyl/N-ethyl adjacent to an activating group) is 1. The Kier molecular flexibility index (Phi) is 4.11. The van der Waals surface area contributed by atoms with Gasteiger partial charge in [0.25, 0.3) is 0 Å². The van der Waals surface area contributed by atoms with Crippen LogP contribution in [0.4, 0.5) is 0 Å². The number of hydrogen-bond donors (Lipinski definition) is 2. The van der Waals surface area contributed by atoms with E-state index in [1.807, 2.05) is 0 Å². The highest BCUT2D eigenvalue weighted by molar-refractivity contribution is 5.70. The second-order valence-corrected chi connectivity index (χ2v) is 4.46. The molecule has 1 saturated carbocycles. The van der Waals surface area contributed by atoms with Gasteiger partial charge in [-0.15, -0.1) is 0 Å². The maximum Gasteiger partial charge on any atom is 0.306 e. The van der Waals surface area contributed by atoms with E-state index in [9.17, 15) is 9.90 Å². The van der Waals surface area contributed by atoms with Crippen molar-refractivity contribution in [1.29, 1.82) is 0 Å². The minimum absolute atomic E-state index is 0.356. The average Bonchev–Trinajstić information content (AvgIpc) is 2.58. The SMILES string of the molecule is CCN(CC)CC1(O)CCC(C(=O)O)C1. The number of carboxylic acid groups (broad SMARTS) is 1.